The van der Waals surface area contributed by atoms with Crippen molar-refractivity contribution in [1.29, 1.82) is 0 Å². The molecule has 0 aromatic carbocycles. The molecule has 0 saturated heterocycles. The zero-order valence-corrected chi connectivity index (χ0v) is 12.9. The fourth-order valence-electron chi connectivity index (χ4n) is 1.72. The molecule has 0 aliphatic heterocycles. The van der Waals surface area contributed by atoms with Gasteiger partial charge in [0.05, 0.1) is 0 Å². The first-order valence-electron chi connectivity index (χ1n) is 6.88. The van der Waals surface area contributed by atoms with Crippen molar-refractivity contribution in [1.82, 2.24) is 14.8 Å². The number of nitrogens with one attached hydrogen (secondary N) is 1. The number of nitrogens with zero attached hydrogens (tertiary/aromatic N) is 3. The van der Waals surface area contributed by atoms with Gasteiger partial charge in [-0.05, 0) is 18.4 Å². The zero-order valence-electron chi connectivity index (χ0n) is 12.1. The van der Waals surface area contributed by atoms with Crippen LogP contribution in [-0.4, -0.2) is 21.3 Å². The minimum Gasteiger partial charge on any atom is -0.361 e. The summed E-state index contributed by atoms with van der Waals surface area (Å²) in [6, 6.07) is 3.29. The van der Waals surface area contributed by atoms with Crippen molar-refractivity contribution in [3.05, 3.63) is 27.9 Å². The highest BCUT2D eigenvalue weighted by atomic mass is 32.1. The highest BCUT2D eigenvalue weighted by Crippen LogP contribution is 2.22. The van der Waals surface area contributed by atoms with Crippen LogP contribution in [0.2, 0.25) is 0 Å². The van der Waals surface area contributed by atoms with Crippen molar-refractivity contribution in [2.75, 3.05) is 11.9 Å². The van der Waals surface area contributed by atoms with E-state index in [2.05, 4.69) is 29.2 Å². The van der Waals surface area contributed by atoms with Crippen molar-refractivity contribution < 1.29 is 0 Å². The van der Waals surface area contributed by atoms with Gasteiger partial charge in [-0.15, -0.1) is 11.3 Å². The summed E-state index contributed by atoms with van der Waals surface area (Å²) in [4.78, 5) is 16.2. The van der Waals surface area contributed by atoms with Gasteiger partial charge in [-0.25, -0.2) is 9.67 Å². The van der Waals surface area contributed by atoms with E-state index in [0.717, 1.165) is 29.5 Å². The van der Waals surface area contributed by atoms with Gasteiger partial charge in [0, 0.05) is 24.5 Å². The number of aromatic nitrogens is 3. The van der Waals surface area contributed by atoms with Gasteiger partial charge in [0.25, 0.3) is 5.56 Å². The normalized spacial score (nSPS) is 11.0. The van der Waals surface area contributed by atoms with Gasteiger partial charge in [0.1, 0.15) is 11.4 Å². The first kappa shape index (κ1) is 14.7. The van der Waals surface area contributed by atoms with Crippen molar-refractivity contribution >= 4 is 16.5 Å². The first-order valence-corrected chi connectivity index (χ1v) is 7.76. The maximum atomic E-state index is 11.6. The third-order valence-electron chi connectivity index (χ3n) is 2.73. The molecule has 2 rings (SSSR count). The lowest BCUT2D eigenvalue weighted by molar-refractivity contribution is 0.570. The van der Waals surface area contributed by atoms with E-state index in [4.69, 9.17) is 0 Å². The van der Waals surface area contributed by atoms with E-state index >= 15 is 0 Å². The first-order chi connectivity index (χ1) is 9.60. The predicted molar refractivity (Wildman–Crippen MR) is 83.2 cm³/mol. The Morgan fingerprint density at radius 3 is 2.85 bits per heavy atom. The third-order valence-corrected chi connectivity index (χ3v) is 3.53. The van der Waals surface area contributed by atoms with Crippen LogP contribution in [0.3, 0.4) is 0 Å². The molecule has 108 valence electrons. The van der Waals surface area contributed by atoms with E-state index in [0.29, 0.717) is 12.5 Å². The van der Waals surface area contributed by atoms with Gasteiger partial charge in [-0.1, -0.05) is 20.8 Å². The topological polar surface area (TPSA) is 59.8 Å². The largest absolute Gasteiger partial charge is 0.361 e. The fourth-order valence-corrected chi connectivity index (χ4v) is 2.44. The molecule has 20 heavy (non-hydrogen) atoms. The molecule has 0 saturated carbocycles. The number of hydrogen-bond donors (Lipinski definition) is 1. The standard InChI is InChI=1S/C14H20N4OS/c1-4-7-18-13(19)6-5-11(17-18)12-9-20-14(16-12)15-8-10(2)3/h5-6,9-10H,4,7-8H2,1-3H3,(H,15,16). The van der Waals surface area contributed by atoms with Crippen molar-refractivity contribution in [2.24, 2.45) is 5.92 Å². The third kappa shape index (κ3) is 3.66. The SMILES string of the molecule is CCCn1nc(-c2csc(NCC(C)C)n2)ccc1=O. The van der Waals surface area contributed by atoms with E-state index in [1.54, 1.807) is 23.5 Å². The lowest BCUT2D eigenvalue weighted by Gasteiger charge is -2.05. The van der Waals surface area contributed by atoms with Crippen molar-refractivity contribution in [2.45, 2.75) is 33.7 Å². The van der Waals surface area contributed by atoms with Gasteiger partial charge in [0.15, 0.2) is 5.13 Å². The average molecular weight is 292 g/mol. The second kappa shape index (κ2) is 6.65. The maximum absolute atomic E-state index is 11.6. The molecule has 0 fully saturated rings. The second-order valence-electron chi connectivity index (χ2n) is 5.09. The molecule has 0 radical (unpaired) electrons. The highest BCUT2D eigenvalue weighted by Gasteiger charge is 2.08. The summed E-state index contributed by atoms with van der Waals surface area (Å²) in [6.07, 6.45) is 0.884. The highest BCUT2D eigenvalue weighted by molar-refractivity contribution is 7.14. The minimum atomic E-state index is -0.0658. The average Bonchev–Trinajstić information content (AvgIpc) is 2.88. The molecule has 6 heteroatoms. The number of aryl methyl sites for hydroxylation is 1. The van der Waals surface area contributed by atoms with E-state index < -0.39 is 0 Å². The summed E-state index contributed by atoms with van der Waals surface area (Å²) in [5.41, 5.74) is 1.49. The number of hydrogen-bond acceptors (Lipinski definition) is 5. The monoisotopic (exact) mass is 292 g/mol. The number of rotatable bonds is 6. The second-order valence-corrected chi connectivity index (χ2v) is 5.95. The van der Waals surface area contributed by atoms with Crippen LogP contribution < -0.4 is 10.9 Å². The quantitative estimate of drug-likeness (QED) is 0.889. The zero-order chi connectivity index (χ0) is 14.5. The Balaban J connectivity index is 2.19. The number of anilines is 1. The molecule has 0 aliphatic carbocycles. The molecule has 0 aliphatic rings. The summed E-state index contributed by atoms with van der Waals surface area (Å²) < 4.78 is 1.50. The molecular formula is C14H20N4OS. The van der Waals surface area contributed by atoms with Crippen LogP contribution in [0, 0.1) is 5.92 Å². The predicted octanol–water partition coefficient (Wildman–Crippen LogP) is 2.84. The Morgan fingerprint density at radius 2 is 2.15 bits per heavy atom. The van der Waals surface area contributed by atoms with E-state index in [-0.39, 0.29) is 5.56 Å². The van der Waals surface area contributed by atoms with E-state index in [1.165, 1.54) is 4.68 Å². The Kier molecular flexibility index (Phi) is 4.89. The van der Waals surface area contributed by atoms with Crippen molar-refractivity contribution in [3.8, 4) is 11.4 Å². The molecular weight excluding hydrogens is 272 g/mol. The van der Waals surface area contributed by atoms with Gasteiger partial charge in [-0.3, -0.25) is 4.79 Å². The van der Waals surface area contributed by atoms with Crippen molar-refractivity contribution in [3.63, 3.8) is 0 Å². The lowest BCUT2D eigenvalue weighted by Crippen LogP contribution is -2.22. The van der Waals surface area contributed by atoms with Gasteiger partial charge in [-0.2, -0.15) is 5.10 Å². The maximum Gasteiger partial charge on any atom is 0.266 e. The van der Waals surface area contributed by atoms with Crippen LogP contribution in [0.5, 0.6) is 0 Å². The molecule has 0 atom stereocenters. The Hall–Kier alpha value is -1.69. The van der Waals surface area contributed by atoms with Crippen LogP contribution >= 0.6 is 11.3 Å². The van der Waals surface area contributed by atoms with Crippen LogP contribution in [0.15, 0.2) is 22.3 Å². The molecule has 0 amide bonds. The summed E-state index contributed by atoms with van der Waals surface area (Å²) in [5.74, 6) is 0.576. The van der Waals surface area contributed by atoms with Gasteiger partial charge < -0.3 is 5.32 Å². The summed E-state index contributed by atoms with van der Waals surface area (Å²) >= 11 is 1.56. The Bertz CT molecular complexity index is 618. The molecule has 2 heterocycles. The lowest BCUT2D eigenvalue weighted by atomic mass is 10.2. The van der Waals surface area contributed by atoms with Crippen LogP contribution in [0.1, 0.15) is 27.2 Å². The molecule has 0 bridgehead atoms. The number of thiazole rings is 1. The molecule has 1 N–H and O–H groups in total. The molecule has 2 aromatic heterocycles. The molecule has 5 nitrogen and oxygen atoms in total. The molecule has 2 aromatic rings. The Labute approximate surface area is 122 Å². The summed E-state index contributed by atoms with van der Waals surface area (Å²) in [7, 11) is 0. The van der Waals surface area contributed by atoms with Gasteiger partial charge in [0.2, 0.25) is 0 Å². The summed E-state index contributed by atoms with van der Waals surface area (Å²) in [6.45, 7) is 7.87. The van der Waals surface area contributed by atoms with Crippen LogP contribution in [0.25, 0.3) is 11.4 Å². The smallest absolute Gasteiger partial charge is 0.266 e. The summed E-state index contributed by atoms with van der Waals surface area (Å²) in [5, 5.41) is 10.5. The van der Waals surface area contributed by atoms with Gasteiger partial charge >= 0.3 is 0 Å². The molecule has 0 spiro atoms. The van der Waals surface area contributed by atoms with E-state index in [9.17, 15) is 4.79 Å². The van der Waals surface area contributed by atoms with E-state index in [1.807, 2.05) is 12.3 Å². The van der Waals surface area contributed by atoms with Crippen LogP contribution in [0.4, 0.5) is 5.13 Å². The molecule has 0 unspecified atom stereocenters. The van der Waals surface area contributed by atoms with Crippen LogP contribution in [-0.2, 0) is 6.54 Å². The minimum absolute atomic E-state index is 0.0658. The Morgan fingerprint density at radius 1 is 1.35 bits per heavy atom. The fraction of sp³-hybridized carbons (Fsp3) is 0.500.